The van der Waals surface area contributed by atoms with Crippen molar-refractivity contribution < 1.29 is 17.6 Å². The van der Waals surface area contributed by atoms with Crippen LogP contribution in [0.2, 0.25) is 0 Å². The van der Waals surface area contributed by atoms with Gasteiger partial charge in [-0.2, -0.15) is 5.10 Å². The maximum absolute atomic E-state index is 13.1. The molecule has 0 fully saturated rings. The summed E-state index contributed by atoms with van der Waals surface area (Å²) in [4.78, 5) is 12.4. The Morgan fingerprint density at radius 2 is 1.52 bits per heavy atom. The van der Waals surface area contributed by atoms with Crippen LogP contribution in [0.3, 0.4) is 0 Å². The molecular weight excluding hydrogens is 393 g/mol. The number of halogens is 1. The summed E-state index contributed by atoms with van der Waals surface area (Å²) in [5.41, 5.74) is 3.24. The number of para-hydroxylation sites is 1. The Morgan fingerprint density at radius 3 is 2.14 bits per heavy atom. The Hall–Kier alpha value is -3.52. The van der Waals surface area contributed by atoms with Gasteiger partial charge in [0.15, 0.2) is 0 Å². The second-order valence-corrected chi connectivity index (χ2v) is 7.87. The van der Waals surface area contributed by atoms with Gasteiger partial charge in [0.05, 0.1) is 16.8 Å². The van der Waals surface area contributed by atoms with Crippen LogP contribution in [0.1, 0.15) is 5.56 Å². The fourth-order valence-electron chi connectivity index (χ4n) is 2.52. The van der Waals surface area contributed by atoms with Gasteiger partial charge in [-0.3, -0.25) is 9.10 Å². The van der Waals surface area contributed by atoms with E-state index in [0.29, 0.717) is 11.3 Å². The number of nitrogens with zero attached hydrogens (tertiary/aromatic N) is 2. The molecule has 3 aromatic rings. The molecule has 0 bridgehead atoms. The summed E-state index contributed by atoms with van der Waals surface area (Å²) in [5, 5.41) is 3.80. The van der Waals surface area contributed by atoms with Crippen LogP contribution in [0, 0.1) is 5.82 Å². The van der Waals surface area contributed by atoms with E-state index in [1.807, 2.05) is 0 Å². The summed E-state index contributed by atoms with van der Waals surface area (Å²) in [6, 6.07) is 21.8. The molecule has 0 atom stereocenters. The number of hydrogen-bond donors (Lipinski definition) is 1. The summed E-state index contributed by atoms with van der Waals surface area (Å²) >= 11 is 0. The van der Waals surface area contributed by atoms with E-state index in [9.17, 15) is 17.6 Å². The fourth-order valence-corrected chi connectivity index (χ4v) is 3.96. The largest absolute Gasteiger partial charge is 0.271 e. The molecule has 148 valence electrons. The van der Waals surface area contributed by atoms with Crippen molar-refractivity contribution in [3.05, 3.63) is 96.3 Å². The molecule has 6 nitrogen and oxygen atoms in total. The van der Waals surface area contributed by atoms with Crippen LogP contribution in [-0.4, -0.2) is 27.1 Å². The standard InChI is InChI=1S/C21H18FN3O3S/c22-18-13-11-17(12-14-18)15-23-24-21(26)16-25(19-7-3-1-4-8-19)29(27,28)20-9-5-2-6-10-20/h1-15H,16H2,(H,24,26)/b23-15-. The zero-order valence-electron chi connectivity index (χ0n) is 15.3. The van der Waals surface area contributed by atoms with E-state index in [1.165, 1.54) is 42.6 Å². The minimum Gasteiger partial charge on any atom is -0.271 e. The lowest BCUT2D eigenvalue weighted by Gasteiger charge is -2.23. The minimum atomic E-state index is -3.95. The molecule has 3 aromatic carbocycles. The fraction of sp³-hybridized carbons (Fsp3) is 0.0476. The van der Waals surface area contributed by atoms with Crippen LogP contribution < -0.4 is 9.73 Å². The van der Waals surface area contributed by atoms with E-state index in [2.05, 4.69) is 10.5 Å². The van der Waals surface area contributed by atoms with Crippen molar-refractivity contribution in [2.24, 2.45) is 5.10 Å². The van der Waals surface area contributed by atoms with Crippen molar-refractivity contribution in [2.45, 2.75) is 4.90 Å². The van der Waals surface area contributed by atoms with Crippen molar-refractivity contribution in [1.29, 1.82) is 0 Å². The minimum absolute atomic E-state index is 0.0754. The number of sulfonamides is 1. The third-order valence-corrected chi connectivity index (χ3v) is 5.72. The van der Waals surface area contributed by atoms with E-state index in [-0.39, 0.29) is 10.7 Å². The Kier molecular flexibility index (Phi) is 6.36. The van der Waals surface area contributed by atoms with Gasteiger partial charge in [-0.05, 0) is 42.0 Å². The quantitative estimate of drug-likeness (QED) is 0.479. The van der Waals surface area contributed by atoms with Crippen LogP contribution in [0.25, 0.3) is 0 Å². The van der Waals surface area contributed by atoms with E-state index < -0.39 is 22.5 Å². The molecule has 1 amide bonds. The molecule has 0 saturated heterocycles. The molecular formula is C21H18FN3O3S. The van der Waals surface area contributed by atoms with Crippen molar-refractivity contribution in [2.75, 3.05) is 10.8 Å². The van der Waals surface area contributed by atoms with Gasteiger partial charge in [0.1, 0.15) is 12.4 Å². The van der Waals surface area contributed by atoms with Gasteiger partial charge in [0.2, 0.25) is 0 Å². The van der Waals surface area contributed by atoms with Gasteiger partial charge >= 0.3 is 0 Å². The lowest BCUT2D eigenvalue weighted by molar-refractivity contribution is -0.119. The second kappa shape index (κ2) is 9.11. The summed E-state index contributed by atoms with van der Waals surface area (Å²) in [5.74, 6) is -0.998. The SMILES string of the molecule is O=C(CN(c1ccccc1)S(=O)(=O)c1ccccc1)N/N=C\c1ccc(F)cc1. The predicted molar refractivity (Wildman–Crippen MR) is 110 cm³/mol. The number of nitrogens with one attached hydrogen (secondary N) is 1. The van der Waals surface area contributed by atoms with Gasteiger partial charge < -0.3 is 0 Å². The molecule has 8 heteroatoms. The monoisotopic (exact) mass is 411 g/mol. The molecule has 0 aliphatic heterocycles. The molecule has 0 aliphatic rings. The maximum Gasteiger partial charge on any atom is 0.264 e. The predicted octanol–water partition coefficient (Wildman–Crippen LogP) is 3.17. The Morgan fingerprint density at radius 1 is 0.931 bits per heavy atom. The van der Waals surface area contributed by atoms with Crippen molar-refractivity contribution in [3.8, 4) is 0 Å². The normalized spacial score (nSPS) is 11.3. The number of hydrazone groups is 1. The number of carbonyl (C=O) groups is 1. The van der Waals surface area contributed by atoms with Gasteiger partial charge in [0.25, 0.3) is 15.9 Å². The van der Waals surface area contributed by atoms with E-state index in [0.717, 1.165) is 4.31 Å². The number of carbonyl (C=O) groups excluding carboxylic acids is 1. The lowest BCUT2D eigenvalue weighted by Crippen LogP contribution is -2.39. The third kappa shape index (κ3) is 5.26. The van der Waals surface area contributed by atoms with Gasteiger partial charge in [-0.15, -0.1) is 0 Å². The molecule has 0 aliphatic carbocycles. The molecule has 3 rings (SSSR count). The molecule has 0 heterocycles. The number of hydrogen-bond acceptors (Lipinski definition) is 4. The first-order chi connectivity index (χ1) is 14.0. The Bertz CT molecular complexity index is 1090. The maximum atomic E-state index is 13.1. The van der Waals surface area contributed by atoms with Gasteiger partial charge in [0, 0.05) is 0 Å². The average Bonchev–Trinajstić information content (AvgIpc) is 2.74. The molecule has 1 N–H and O–H groups in total. The summed E-state index contributed by atoms with van der Waals surface area (Å²) in [7, 11) is -3.95. The van der Waals surface area contributed by atoms with Crippen LogP contribution in [-0.2, 0) is 14.8 Å². The number of benzene rings is 3. The smallest absolute Gasteiger partial charge is 0.264 e. The van der Waals surface area contributed by atoms with Crippen LogP contribution in [0.15, 0.2) is 94.9 Å². The first-order valence-electron chi connectivity index (χ1n) is 8.67. The lowest BCUT2D eigenvalue weighted by atomic mass is 10.2. The molecule has 0 radical (unpaired) electrons. The molecule has 0 aromatic heterocycles. The van der Waals surface area contributed by atoms with E-state index in [4.69, 9.17) is 0 Å². The number of anilines is 1. The topological polar surface area (TPSA) is 78.8 Å². The first kappa shape index (κ1) is 20.2. The summed E-state index contributed by atoms with van der Waals surface area (Å²) in [6.45, 7) is -0.456. The molecule has 0 spiro atoms. The van der Waals surface area contributed by atoms with Crippen LogP contribution in [0.4, 0.5) is 10.1 Å². The number of amides is 1. The van der Waals surface area contributed by atoms with Gasteiger partial charge in [-0.25, -0.2) is 18.2 Å². The van der Waals surface area contributed by atoms with Crippen LogP contribution >= 0.6 is 0 Å². The van der Waals surface area contributed by atoms with Crippen molar-refractivity contribution in [3.63, 3.8) is 0 Å². The van der Waals surface area contributed by atoms with E-state index >= 15 is 0 Å². The summed E-state index contributed by atoms with van der Waals surface area (Å²) < 4.78 is 40.1. The van der Waals surface area contributed by atoms with E-state index in [1.54, 1.807) is 48.5 Å². The number of rotatable bonds is 7. The molecule has 0 saturated carbocycles. The highest BCUT2D eigenvalue weighted by Crippen LogP contribution is 2.23. The van der Waals surface area contributed by atoms with Crippen molar-refractivity contribution >= 4 is 27.8 Å². The Balaban J connectivity index is 1.78. The Labute approximate surface area is 168 Å². The third-order valence-electron chi connectivity index (χ3n) is 3.94. The highest BCUT2D eigenvalue weighted by molar-refractivity contribution is 7.92. The second-order valence-electron chi connectivity index (χ2n) is 6.01. The molecule has 29 heavy (non-hydrogen) atoms. The molecule has 0 unspecified atom stereocenters. The summed E-state index contributed by atoms with van der Waals surface area (Å²) in [6.07, 6.45) is 1.34. The zero-order chi connectivity index (χ0) is 20.7. The average molecular weight is 411 g/mol. The first-order valence-corrected chi connectivity index (χ1v) is 10.1. The van der Waals surface area contributed by atoms with Crippen LogP contribution in [0.5, 0.6) is 0 Å². The highest BCUT2D eigenvalue weighted by atomic mass is 32.2. The highest BCUT2D eigenvalue weighted by Gasteiger charge is 2.26. The van der Waals surface area contributed by atoms with Crippen molar-refractivity contribution in [1.82, 2.24) is 5.43 Å². The van der Waals surface area contributed by atoms with Gasteiger partial charge in [-0.1, -0.05) is 48.5 Å². The zero-order valence-corrected chi connectivity index (χ0v) is 16.1.